The van der Waals surface area contributed by atoms with Gasteiger partial charge < -0.3 is 20.1 Å². The first kappa shape index (κ1) is 27.4. The predicted octanol–water partition coefficient (Wildman–Crippen LogP) is 5.76. The molecule has 8 heteroatoms. The number of aromatic hydroxyl groups is 1. The number of aromatic nitrogens is 2. The fourth-order valence-electron chi connectivity index (χ4n) is 5.25. The minimum atomic E-state index is -0.199. The number of fused-ring (bicyclic) bond motifs is 1. The van der Waals surface area contributed by atoms with Gasteiger partial charge >= 0.3 is 0 Å². The molecule has 3 N–H and O–H groups in total. The summed E-state index contributed by atoms with van der Waals surface area (Å²) in [6, 6.07) is 26.9. The number of ether oxygens (including phenoxy) is 1. The van der Waals surface area contributed by atoms with Crippen molar-refractivity contribution in [2.75, 3.05) is 26.3 Å². The van der Waals surface area contributed by atoms with Gasteiger partial charge in [-0.25, -0.2) is 4.99 Å². The van der Waals surface area contributed by atoms with Gasteiger partial charge in [0, 0.05) is 54.1 Å². The number of nitrogens with zero attached hydrogens (tertiary/aromatic N) is 3. The average Bonchev–Trinajstić information content (AvgIpc) is 3.36. The molecule has 6 rings (SSSR count). The molecule has 5 aromatic rings. The molecular weight excluding hydrogens is 526 g/mol. The van der Waals surface area contributed by atoms with Crippen LogP contribution >= 0.6 is 0 Å². The van der Waals surface area contributed by atoms with E-state index in [0.717, 1.165) is 49.7 Å². The van der Waals surface area contributed by atoms with Crippen LogP contribution in [0.1, 0.15) is 45.6 Å². The summed E-state index contributed by atoms with van der Waals surface area (Å²) in [5.41, 5.74) is 5.99. The second kappa shape index (κ2) is 12.4. The van der Waals surface area contributed by atoms with Crippen molar-refractivity contribution in [1.29, 1.82) is 0 Å². The first-order valence-electron chi connectivity index (χ1n) is 14.1. The van der Waals surface area contributed by atoms with Crippen LogP contribution in [0.2, 0.25) is 0 Å². The van der Waals surface area contributed by atoms with Gasteiger partial charge in [0.15, 0.2) is 5.88 Å². The number of nitrogens with one attached hydrogen (secondary N) is 2. The molecule has 212 valence electrons. The summed E-state index contributed by atoms with van der Waals surface area (Å²) in [6.45, 7) is 6.20. The molecule has 1 saturated heterocycles. The number of H-pyrrole nitrogens is 1. The lowest BCUT2D eigenvalue weighted by molar-refractivity contribution is 0.0342. The summed E-state index contributed by atoms with van der Waals surface area (Å²) >= 11 is 0. The van der Waals surface area contributed by atoms with E-state index in [0.29, 0.717) is 27.7 Å². The number of morpholine rings is 1. The fourth-order valence-corrected chi connectivity index (χ4v) is 5.25. The quantitative estimate of drug-likeness (QED) is 0.210. The number of carbonyl (C=O) groups is 1. The Balaban J connectivity index is 1.34. The second-order valence-electron chi connectivity index (χ2n) is 10.5. The van der Waals surface area contributed by atoms with Crippen molar-refractivity contribution < 1.29 is 14.6 Å². The summed E-state index contributed by atoms with van der Waals surface area (Å²) in [7, 11) is 0. The Hall–Kier alpha value is -4.79. The number of hydrogen-bond acceptors (Lipinski definition) is 6. The molecule has 3 heterocycles. The highest BCUT2D eigenvalue weighted by molar-refractivity contribution is 6.22. The number of aliphatic imine (C=N–C) groups is 1. The van der Waals surface area contributed by atoms with E-state index in [-0.39, 0.29) is 17.8 Å². The van der Waals surface area contributed by atoms with Crippen molar-refractivity contribution in [3.8, 4) is 5.88 Å². The molecule has 8 nitrogen and oxygen atoms in total. The van der Waals surface area contributed by atoms with Gasteiger partial charge in [-0.15, -0.1) is 0 Å². The van der Waals surface area contributed by atoms with Crippen LogP contribution in [0.4, 0.5) is 5.69 Å². The highest BCUT2D eigenvalue weighted by Gasteiger charge is 2.21. The molecule has 1 atom stereocenters. The van der Waals surface area contributed by atoms with Crippen LogP contribution in [0, 0.1) is 0 Å². The highest BCUT2D eigenvalue weighted by Crippen LogP contribution is 2.32. The summed E-state index contributed by atoms with van der Waals surface area (Å²) < 4.78 is 5.46. The van der Waals surface area contributed by atoms with Crippen molar-refractivity contribution in [3.63, 3.8) is 0 Å². The molecule has 0 aliphatic carbocycles. The average molecular weight is 560 g/mol. The monoisotopic (exact) mass is 559 g/mol. The van der Waals surface area contributed by atoms with Gasteiger partial charge in [-0.3, -0.25) is 14.7 Å². The first-order valence-corrected chi connectivity index (χ1v) is 14.1. The zero-order valence-electron chi connectivity index (χ0n) is 23.5. The third-order valence-corrected chi connectivity index (χ3v) is 7.55. The zero-order valence-corrected chi connectivity index (χ0v) is 23.5. The molecule has 0 radical (unpaired) electrons. The lowest BCUT2D eigenvalue weighted by Gasteiger charge is -2.26. The topological polar surface area (TPSA) is 103 Å². The van der Waals surface area contributed by atoms with E-state index < -0.39 is 0 Å². The minimum Gasteiger partial charge on any atom is -0.494 e. The van der Waals surface area contributed by atoms with Gasteiger partial charge in [0.05, 0.1) is 36.2 Å². The van der Waals surface area contributed by atoms with Crippen molar-refractivity contribution in [1.82, 2.24) is 20.2 Å². The predicted molar refractivity (Wildman–Crippen MR) is 164 cm³/mol. The van der Waals surface area contributed by atoms with E-state index in [4.69, 9.17) is 9.73 Å². The SMILES string of the molecule is C[C@@H](NC(=O)c1ccc2[nH]c(O)c(C(=Nc3ccc(CN4CCOCC4)cc3)c3cccnc3)c2c1)c1ccccc1. The normalized spacial score (nSPS) is 15.0. The Kier molecular flexibility index (Phi) is 8.07. The van der Waals surface area contributed by atoms with Crippen LogP contribution in [0.5, 0.6) is 5.88 Å². The van der Waals surface area contributed by atoms with Crippen molar-refractivity contribution >= 4 is 28.2 Å². The molecule has 0 spiro atoms. The molecule has 3 aromatic carbocycles. The maximum Gasteiger partial charge on any atom is 0.251 e. The molecule has 42 heavy (non-hydrogen) atoms. The van der Waals surface area contributed by atoms with E-state index in [1.54, 1.807) is 24.5 Å². The number of benzene rings is 3. The summed E-state index contributed by atoms with van der Waals surface area (Å²) in [6.07, 6.45) is 3.43. The van der Waals surface area contributed by atoms with E-state index in [2.05, 4.69) is 32.3 Å². The number of carbonyl (C=O) groups excluding carboxylic acids is 1. The van der Waals surface area contributed by atoms with E-state index in [9.17, 15) is 9.90 Å². The van der Waals surface area contributed by atoms with Gasteiger partial charge in [-0.1, -0.05) is 42.5 Å². The smallest absolute Gasteiger partial charge is 0.251 e. The number of aromatic amines is 1. The lowest BCUT2D eigenvalue weighted by Crippen LogP contribution is -2.35. The van der Waals surface area contributed by atoms with Gasteiger partial charge in [0.25, 0.3) is 5.91 Å². The summed E-state index contributed by atoms with van der Waals surface area (Å²) in [5.74, 6) is -0.220. The maximum atomic E-state index is 13.3. The fraction of sp³-hybridized carbons (Fsp3) is 0.206. The van der Waals surface area contributed by atoms with Crippen LogP contribution in [-0.4, -0.2) is 57.9 Å². The molecule has 0 bridgehead atoms. The summed E-state index contributed by atoms with van der Waals surface area (Å²) in [5, 5.41) is 14.9. The van der Waals surface area contributed by atoms with Crippen molar-refractivity contribution in [3.05, 3.63) is 125 Å². The van der Waals surface area contributed by atoms with E-state index in [1.807, 2.05) is 67.6 Å². The molecule has 0 unspecified atom stereocenters. The number of hydrogen-bond donors (Lipinski definition) is 3. The molecule has 2 aromatic heterocycles. The van der Waals surface area contributed by atoms with Crippen molar-refractivity contribution in [2.24, 2.45) is 4.99 Å². The third-order valence-electron chi connectivity index (χ3n) is 7.55. The minimum absolute atomic E-state index is 0.0215. The van der Waals surface area contributed by atoms with Crippen LogP contribution in [0.25, 0.3) is 10.9 Å². The van der Waals surface area contributed by atoms with Crippen LogP contribution in [0.3, 0.4) is 0 Å². The van der Waals surface area contributed by atoms with Crippen LogP contribution in [0.15, 0.2) is 102 Å². The molecule has 1 amide bonds. The Morgan fingerprint density at radius 1 is 1.02 bits per heavy atom. The molecular formula is C34H33N5O3. The van der Waals surface area contributed by atoms with Gasteiger partial charge in [0.1, 0.15) is 0 Å². The van der Waals surface area contributed by atoms with Crippen LogP contribution < -0.4 is 5.32 Å². The number of rotatable bonds is 8. The largest absolute Gasteiger partial charge is 0.494 e. The number of amides is 1. The van der Waals surface area contributed by atoms with Crippen molar-refractivity contribution in [2.45, 2.75) is 19.5 Å². The lowest BCUT2D eigenvalue weighted by atomic mass is 10.0. The Morgan fingerprint density at radius 3 is 2.55 bits per heavy atom. The Labute approximate surface area is 244 Å². The van der Waals surface area contributed by atoms with Gasteiger partial charge in [-0.2, -0.15) is 0 Å². The molecule has 1 fully saturated rings. The molecule has 0 saturated carbocycles. The third kappa shape index (κ3) is 6.10. The zero-order chi connectivity index (χ0) is 28.9. The van der Waals surface area contributed by atoms with E-state index >= 15 is 0 Å². The van der Waals surface area contributed by atoms with E-state index in [1.165, 1.54) is 5.56 Å². The standard InChI is InChI=1S/C34H33N5O3/c1-23(25-6-3-2-4-7-25)36-33(40)26-11-14-30-29(20-26)31(34(41)38-30)32(27-8-5-15-35-21-27)37-28-12-9-24(10-13-28)22-39-16-18-42-19-17-39/h2-15,20-21,23,38,41H,16-19,22H2,1H3,(H,36,40)/t23-/m1/s1. The molecule has 1 aliphatic heterocycles. The van der Waals surface area contributed by atoms with Crippen LogP contribution in [-0.2, 0) is 11.3 Å². The maximum absolute atomic E-state index is 13.3. The van der Waals surface area contributed by atoms with Gasteiger partial charge in [0.2, 0.25) is 0 Å². The Morgan fingerprint density at radius 2 is 1.81 bits per heavy atom. The summed E-state index contributed by atoms with van der Waals surface area (Å²) in [4.78, 5) is 28.0. The Bertz CT molecular complexity index is 1690. The molecule has 1 aliphatic rings. The highest BCUT2D eigenvalue weighted by atomic mass is 16.5. The number of pyridine rings is 1. The second-order valence-corrected chi connectivity index (χ2v) is 10.5. The first-order chi connectivity index (χ1) is 20.5. The van der Waals surface area contributed by atoms with Gasteiger partial charge in [-0.05, 0) is 60.5 Å².